The molecule has 0 spiro atoms. The van der Waals surface area contributed by atoms with E-state index in [2.05, 4.69) is 0 Å². The van der Waals surface area contributed by atoms with Gasteiger partial charge in [-0.3, -0.25) is 10.1 Å². The van der Waals surface area contributed by atoms with E-state index in [0.29, 0.717) is 10.4 Å². The third-order valence-corrected chi connectivity index (χ3v) is 4.56. The topological polar surface area (TPSA) is 43.1 Å². The highest BCUT2D eigenvalue weighted by atomic mass is 35.5. The summed E-state index contributed by atoms with van der Waals surface area (Å²) in [4.78, 5) is 12.6. The van der Waals surface area contributed by atoms with Gasteiger partial charge in [0.15, 0.2) is 0 Å². The van der Waals surface area contributed by atoms with Crippen molar-refractivity contribution in [3.8, 4) is 0 Å². The first kappa shape index (κ1) is 13.9. The number of nitrogens with zero attached hydrogens (tertiary/aromatic N) is 1. The summed E-state index contributed by atoms with van der Waals surface area (Å²) in [5.74, 6) is 0. The molecule has 0 aliphatic heterocycles. The Balaban J connectivity index is 2.11. The molecule has 0 aliphatic carbocycles. The lowest BCUT2D eigenvalue weighted by atomic mass is 10.1. The molecular weight excluding hydrogens is 306 g/mol. The third kappa shape index (κ3) is 2.86. The lowest BCUT2D eigenvalue weighted by Gasteiger charge is -2.06. The van der Waals surface area contributed by atoms with E-state index in [9.17, 15) is 10.1 Å². The number of rotatable bonds is 3. The van der Waals surface area contributed by atoms with Gasteiger partial charge in [-0.15, -0.1) is 0 Å². The molecule has 0 amide bonds. The van der Waals surface area contributed by atoms with Gasteiger partial charge >= 0.3 is 0 Å². The normalized spacial score (nSPS) is 10.7. The molecule has 0 unspecified atom stereocenters. The van der Waals surface area contributed by atoms with Crippen LogP contribution in [-0.2, 0) is 0 Å². The maximum atomic E-state index is 11.3. The molecule has 104 valence electrons. The Kier molecular flexibility index (Phi) is 3.82. The summed E-state index contributed by atoms with van der Waals surface area (Å²) < 4.78 is 0. The summed E-state index contributed by atoms with van der Waals surface area (Å²) in [5, 5.41) is 13.4. The van der Waals surface area contributed by atoms with Crippen LogP contribution in [0.1, 0.15) is 0 Å². The first-order chi connectivity index (χ1) is 10.1. The van der Waals surface area contributed by atoms with E-state index in [1.807, 2.05) is 36.4 Å². The molecule has 0 heterocycles. The van der Waals surface area contributed by atoms with Gasteiger partial charge < -0.3 is 0 Å². The minimum absolute atomic E-state index is 0.114. The first-order valence-electron chi connectivity index (χ1n) is 6.25. The number of hydrogen-bond donors (Lipinski definition) is 0. The van der Waals surface area contributed by atoms with Crippen molar-refractivity contribution in [1.82, 2.24) is 0 Å². The average molecular weight is 316 g/mol. The number of non-ortho nitro benzene ring substituents is 1. The van der Waals surface area contributed by atoms with Gasteiger partial charge in [-0.25, -0.2) is 0 Å². The van der Waals surface area contributed by atoms with Gasteiger partial charge in [0, 0.05) is 15.9 Å². The Labute approximate surface area is 130 Å². The van der Waals surface area contributed by atoms with Crippen molar-refractivity contribution >= 4 is 39.8 Å². The van der Waals surface area contributed by atoms with Crippen LogP contribution in [0.25, 0.3) is 10.8 Å². The maximum absolute atomic E-state index is 11.3. The molecule has 0 N–H and O–H groups in total. The number of halogens is 1. The van der Waals surface area contributed by atoms with E-state index in [0.717, 1.165) is 15.2 Å². The van der Waals surface area contributed by atoms with Crippen molar-refractivity contribution in [3.05, 3.63) is 75.8 Å². The van der Waals surface area contributed by atoms with E-state index in [1.54, 1.807) is 24.3 Å². The summed E-state index contributed by atoms with van der Waals surface area (Å²) in [6.45, 7) is 0. The van der Waals surface area contributed by atoms with Crippen LogP contribution in [0.15, 0.2) is 70.5 Å². The fraction of sp³-hybridized carbons (Fsp3) is 0. The Hall–Kier alpha value is -2.04. The largest absolute Gasteiger partial charge is 0.278 e. The van der Waals surface area contributed by atoms with Crippen molar-refractivity contribution in [2.75, 3.05) is 0 Å². The number of nitro groups is 1. The lowest BCUT2D eigenvalue weighted by molar-refractivity contribution is -0.383. The molecule has 0 saturated carbocycles. The van der Waals surface area contributed by atoms with Crippen molar-refractivity contribution in [1.29, 1.82) is 0 Å². The fourth-order valence-corrected chi connectivity index (χ4v) is 3.30. The van der Waals surface area contributed by atoms with Crippen LogP contribution in [0, 0.1) is 10.1 Å². The number of fused-ring (bicyclic) bond motifs is 1. The van der Waals surface area contributed by atoms with Gasteiger partial charge in [0.25, 0.3) is 5.69 Å². The van der Waals surface area contributed by atoms with Crippen LogP contribution in [0.2, 0.25) is 5.02 Å². The van der Waals surface area contributed by atoms with Gasteiger partial charge in [-0.05, 0) is 29.7 Å². The highest BCUT2D eigenvalue weighted by Gasteiger charge is 2.14. The molecule has 0 saturated heterocycles. The molecule has 0 aromatic heterocycles. The van der Waals surface area contributed by atoms with Crippen LogP contribution in [0.4, 0.5) is 5.69 Å². The Bertz CT molecular complexity index is 835. The highest BCUT2D eigenvalue weighted by Crippen LogP contribution is 2.37. The predicted molar refractivity (Wildman–Crippen MR) is 86.2 cm³/mol. The van der Waals surface area contributed by atoms with E-state index in [-0.39, 0.29) is 10.6 Å². The van der Waals surface area contributed by atoms with Gasteiger partial charge in [0.2, 0.25) is 0 Å². The van der Waals surface area contributed by atoms with Crippen molar-refractivity contribution in [2.24, 2.45) is 0 Å². The van der Waals surface area contributed by atoms with Crippen LogP contribution in [0.5, 0.6) is 0 Å². The molecule has 5 heteroatoms. The summed E-state index contributed by atoms with van der Waals surface area (Å²) in [6, 6.07) is 18.3. The minimum atomic E-state index is -0.348. The summed E-state index contributed by atoms with van der Waals surface area (Å²) >= 11 is 7.56. The Morgan fingerprint density at radius 1 is 1.00 bits per heavy atom. The molecule has 0 fully saturated rings. The number of nitro benzene ring substituents is 1. The molecule has 0 bridgehead atoms. The van der Waals surface area contributed by atoms with Crippen molar-refractivity contribution in [2.45, 2.75) is 9.79 Å². The van der Waals surface area contributed by atoms with Crippen LogP contribution in [-0.4, -0.2) is 4.92 Å². The molecule has 3 nitrogen and oxygen atoms in total. The van der Waals surface area contributed by atoms with Crippen LogP contribution in [0.3, 0.4) is 0 Å². The summed E-state index contributed by atoms with van der Waals surface area (Å²) in [5.41, 5.74) is 0.114. The standard InChI is InChI=1S/C16H10ClNO2S/c17-14-7-3-4-8-16(14)21-12-9-11-5-1-2-6-13(11)15(10-12)18(19)20/h1-10H. The number of benzene rings is 3. The molecule has 21 heavy (non-hydrogen) atoms. The van der Waals surface area contributed by atoms with E-state index >= 15 is 0 Å². The van der Waals surface area contributed by atoms with Gasteiger partial charge in [-0.1, -0.05) is 53.7 Å². The molecule has 3 rings (SSSR count). The van der Waals surface area contributed by atoms with Crippen molar-refractivity contribution in [3.63, 3.8) is 0 Å². The molecule has 0 aliphatic rings. The van der Waals surface area contributed by atoms with Gasteiger partial charge in [-0.2, -0.15) is 0 Å². The monoisotopic (exact) mass is 315 g/mol. The molecule has 3 aromatic rings. The molecular formula is C16H10ClNO2S. The van der Waals surface area contributed by atoms with Gasteiger partial charge in [0.05, 0.1) is 15.3 Å². The second-order valence-electron chi connectivity index (χ2n) is 4.45. The average Bonchev–Trinajstić information content (AvgIpc) is 2.48. The summed E-state index contributed by atoms with van der Waals surface area (Å²) in [6.07, 6.45) is 0. The molecule has 0 atom stereocenters. The zero-order valence-electron chi connectivity index (χ0n) is 10.8. The van der Waals surface area contributed by atoms with Crippen molar-refractivity contribution < 1.29 is 4.92 Å². The summed E-state index contributed by atoms with van der Waals surface area (Å²) in [7, 11) is 0. The van der Waals surface area contributed by atoms with Crippen LogP contribution >= 0.6 is 23.4 Å². The quantitative estimate of drug-likeness (QED) is 0.470. The van der Waals surface area contributed by atoms with E-state index in [4.69, 9.17) is 11.6 Å². The minimum Gasteiger partial charge on any atom is -0.258 e. The molecule has 3 aromatic carbocycles. The highest BCUT2D eigenvalue weighted by molar-refractivity contribution is 7.99. The number of hydrogen-bond acceptors (Lipinski definition) is 3. The molecule has 0 radical (unpaired) electrons. The van der Waals surface area contributed by atoms with E-state index in [1.165, 1.54) is 11.8 Å². The second kappa shape index (κ2) is 5.76. The zero-order valence-corrected chi connectivity index (χ0v) is 12.4. The van der Waals surface area contributed by atoms with Crippen LogP contribution < -0.4 is 0 Å². The van der Waals surface area contributed by atoms with Gasteiger partial charge in [0.1, 0.15) is 0 Å². The lowest BCUT2D eigenvalue weighted by Crippen LogP contribution is -1.90. The first-order valence-corrected chi connectivity index (χ1v) is 7.44. The SMILES string of the molecule is O=[N+]([O-])c1cc(Sc2ccccc2Cl)cc2ccccc12. The fourth-order valence-electron chi connectivity index (χ4n) is 2.13. The maximum Gasteiger partial charge on any atom is 0.278 e. The third-order valence-electron chi connectivity index (χ3n) is 3.07. The second-order valence-corrected chi connectivity index (χ2v) is 5.98. The Morgan fingerprint density at radius 3 is 2.48 bits per heavy atom. The van der Waals surface area contributed by atoms with E-state index < -0.39 is 0 Å². The predicted octanol–water partition coefficient (Wildman–Crippen LogP) is 5.55. The zero-order chi connectivity index (χ0) is 14.8. The Morgan fingerprint density at radius 2 is 1.71 bits per heavy atom. The smallest absolute Gasteiger partial charge is 0.258 e.